The van der Waals surface area contributed by atoms with Crippen molar-refractivity contribution in [2.24, 2.45) is 5.92 Å². The molecule has 0 aromatic carbocycles. The highest BCUT2D eigenvalue weighted by molar-refractivity contribution is 5.71. The maximum Gasteiger partial charge on any atom is 0.407 e. The zero-order valence-electron chi connectivity index (χ0n) is 10.6. The van der Waals surface area contributed by atoms with Crippen LogP contribution in [0.2, 0.25) is 0 Å². The fourth-order valence-corrected chi connectivity index (χ4v) is 2.69. The average Bonchev–Trinajstić information content (AvgIpc) is 2.26. The number of likely N-dealkylation sites (tertiary alicyclic amines) is 1. The van der Waals surface area contributed by atoms with Crippen molar-refractivity contribution < 1.29 is 19.4 Å². The maximum absolute atomic E-state index is 11.2. The van der Waals surface area contributed by atoms with Crippen molar-refractivity contribution in [3.8, 4) is 0 Å². The lowest BCUT2D eigenvalue weighted by Crippen LogP contribution is -2.56. The minimum Gasteiger partial charge on any atom is -0.481 e. The van der Waals surface area contributed by atoms with Crippen LogP contribution in [0.15, 0.2) is 0 Å². The quantitative estimate of drug-likeness (QED) is 0.776. The van der Waals surface area contributed by atoms with Gasteiger partial charge in [-0.25, -0.2) is 4.79 Å². The fraction of sp³-hybridized carbons (Fsp3) is 0.833. The lowest BCUT2D eigenvalue weighted by molar-refractivity contribution is -0.144. The Bertz CT molecular complexity index is 330. The van der Waals surface area contributed by atoms with Crippen molar-refractivity contribution >= 4 is 12.1 Å². The van der Waals surface area contributed by atoms with E-state index in [1.54, 1.807) is 0 Å². The minimum atomic E-state index is -0.782. The number of piperidine rings is 1. The first kappa shape index (κ1) is 13.1. The standard InChI is InChI=1S/C12H20N2O4/c1-18-12(17)13-9-5-8(11(15)16)6-14(7-9)10-3-2-4-10/h8-10H,2-7H2,1H3,(H,13,17)(H,15,16). The topological polar surface area (TPSA) is 78.9 Å². The molecule has 2 aliphatic rings. The highest BCUT2D eigenvalue weighted by Crippen LogP contribution is 2.29. The first-order valence-electron chi connectivity index (χ1n) is 6.41. The van der Waals surface area contributed by atoms with E-state index in [9.17, 15) is 9.59 Å². The van der Waals surface area contributed by atoms with Crippen LogP contribution in [0.1, 0.15) is 25.7 Å². The van der Waals surface area contributed by atoms with Gasteiger partial charge in [-0.15, -0.1) is 0 Å². The molecule has 0 radical (unpaired) electrons. The van der Waals surface area contributed by atoms with Gasteiger partial charge in [0.05, 0.1) is 13.0 Å². The van der Waals surface area contributed by atoms with Crippen molar-refractivity contribution in [2.45, 2.75) is 37.8 Å². The van der Waals surface area contributed by atoms with Crippen molar-refractivity contribution in [3.63, 3.8) is 0 Å². The lowest BCUT2D eigenvalue weighted by Gasteiger charge is -2.44. The van der Waals surface area contributed by atoms with Gasteiger partial charge in [-0.3, -0.25) is 9.69 Å². The van der Waals surface area contributed by atoms with Crippen molar-refractivity contribution in [1.82, 2.24) is 10.2 Å². The maximum atomic E-state index is 11.2. The predicted octanol–water partition coefficient (Wildman–Crippen LogP) is 0.670. The first-order valence-corrected chi connectivity index (χ1v) is 6.41. The summed E-state index contributed by atoms with van der Waals surface area (Å²) >= 11 is 0. The smallest absolute Gasteiger partial charge is 0.407 e. The van der Waals surface area contributed by atoms with E-state index in [0.29, 0.717) is 19.0 Å². The normalized spacial score (nSPS) is 29.4. The summed E-state index contributed by atoms with van der Waals surface area (Å²) in [5.74, 6) is -1.18. The summed E-state index contributed by atoms with van der Waals surface area (Å²) in [6.07, 6.45) is 3.48. The van der Waals surface area contributed by atoms with Crippen LogP contribution in [-0.2, 0) is 9.53 Å². The van der Waals surface area contributed by atoms with Gasteiger partial charge in [-0.05, 0) is 19.3 Å². The molecule has 1 saturated heterocycles. The third-order valence-corrected chi connectivity index (χ3v) is 3.93. The van der Waals surface area contributed by atoms with Crippen LogP contribution in [-0.4, -0.2) is 54.4 Å². The van der Waals surface area contributed by atoms with Crippen molar-refractivity contribution in [1.29, 1.82) is 0 Å². The molecule has 102 valence electrons. The number of rotatable bonds is 3. The number of aliphatic carboxylic acids is 1. The molecule has 0 bridgehead atoms. The van der Waals surface area contributed by atoms with E-state index < -0.39 is 18.0 Å². The molecule has 2 atom stereocenters. The van der Waals surface area contributed by atoms with E-state index in [1.807, 2.05) is 0 Å². The monoisotopic (exact) mass is 256 g/mol. The molecule has 6 heteroatoms. The molecule has 0 spiro atoms. The van der Waals surface area contributed by atoms with E-state index in [1.165, 1.54) is 13.5 Å². The van der Waals surface area contributed by atoms with Gasteiger partial charge in [-0.2, -0.15) is 0 Å². The van der Waals surface area contributed by atoms with Gasteiger partial charge >= 0.3 is 12.1 Å². The molecule has 1 amide bonds. The Morgan fingerprint density at radius 1 is 1.33 bits per heavy atom. The molecule has 1 saturated carbocycles. The van der Waals surface area contributed by atoms with Gasteiger partial charge < -0.3 is 15.2 Å². The Kier molecular flexibility index (Phi) is 4.06. The van der Waals surface area contributed by atoms with Gasteiger partial charge in [0.1, 0.15) is 0 Å². The zero-order chi connectivity index (χ0) is 13.1. The molecule has 2 fully saturated rings. The van der Waals surface area contributed by atoms with Crippen LogP contribution in [0.4, 0.5) is 4.79 Å². The molecule has 2 rings (SSSR count). The summed E-state index contributed by atoms with van der Waals surface area (Å²) in [5.41, 5.74) is 0. The van der Waals surface area contributed by atoms with Gasteiger partial charge in [-0.1, -0.05) is 6.42 Å². The average molecular weight is 256 g/mol. The van der Waals surface area contributed by atoms with Gasteiger partial charge in [0.25, 0.3) is 0 Å². The predicted molar refractivity (Wildman–Crippen MR) is 64.3 cm³/mol. The summed E-state index contributed by atoms with van der Waals surface area (Å²) in [7, 11) is 1.32. The number of methoxy groups -OCH3 is 1. The highest BCUT2D eigenvalue weighted by atomic mass is 16.5. The molecule has 2 N–H and O–H groups in total. The van der Waals surface area contributed by atoms with Crippen LogP contribution in [0, 0.1) is 5.92 Å². The number of carboxylic acids is 1. The number of hydrogen-bond donors (Lipinski definition) is 2. The molecule has 18 heavy (non-hydrogen) atoms. The number of carbonyl (C=O) groups excluding carboxylic acids is 1. The second kappa shape index (κ2) is 5.56. The molecule has 2 unspecified atom stereocenters. The highest BCUT2D eigenvalue weighted by Gasteiger charge is 2.37. The van der Waals surface area contributed by atoms with Crippen LogP contribution < -0.4 is 5.32 Å². The van der Waals surface area contributed by atoms with E-state index in [4.69, 9.17) is 5.11 Å². The Labute approximate surface area is 106 Å². The minimum absolute atomic E-state index is 0.132. The van der Waals surface area contributed by atoms with Gasteiger partial charge in [0.2, 0.25) is 0 Å². The summed E-state index contributed by atoms with van der Waals surface area (Å²) in [6.45, 7) is 1.32. The van der Waals surface area contributed by atoms with Crippen molar-refractivity contribution in [3.05, 3.63) is 0 Å². The largest absolute Gasteiger partial charge is 0.481 e. The number of amides is 1. The number of alkyl carbamates (subject to hydrolysis) is 1. The van der Waals surface area contributed by atoms with Crippen LogP contribution in [0.3, 0.4) is 0 Å². The summed E-state index contributed by atoms with van der Waals surface area (Å²) in [4.78, 5) is 24.6. The number of hydrogen-bond acceptors (Lipinski definition) is 4. The first-order chi connectivity index (χ1) is 8.60. The Morgan fingerprint density at radius 2 is 2.06 bits per heavy atom. The molecule has 1 aliphatic heterocycles. The Morgan fingerprint density at radius 3 is 2.56 bits per heavy atom. The summed E-state index contributed by atoms with van der Waals surface area (Å²) in [6, 6.07) is 0.363. The SMILES string of the molecule is COC(=O)NC1CC(C(=O)O)CN(C2CCC2)C1. The zero-order valence-corrected chi connectivity index (χ0v) is 10.6. The second-order valence-corrected chi connectivity index (χ2v) is 5.14. The van der Waals surface area contributed by atoms with Crippen molar-refractivity contribution in [2.75, 3.05) is 20.2 Å². The van der Waals surface area contributed by atoms with Crippen LogP contribution in [0.25, 0.3) is 0 Å². The third-order valence-electron chi connectivity index (χ3n) is 3.93. The molecular weight excluding hydrogens is 236 g/mol. The number of nitrogens with one attached hydrogen (secondary N) is 1. The van der Waals surface area contributed by atoms with E-state index in [-0.39, 0.29) is 6.04 Å². The molecule has 0 aromatic heterocycles. The van der Waals surface area contributed by atoms with Crippen LogP contribution in [0.5, 0.6) is 0 Å². The number of ether oxygens (including phenoxy) is 1. The van der Waals surface area contributed by atoms with Gasteiger partial charge in [0, 0.05) is 25.2 Å². The lowest BCUT2D eigenvalue weighted by atomic mass is 9.86. The third kappa shape index (κ3) is 2.93. The van der Waals surface area contributed by atoms with E-state index >= 15 is 0 Å². The Balaban J connectivity index is 1.96. The molecular formula is C12H20N2O4. The number of nitrogens with zero attached hydrogens (tertiary/aromatic N) is 1. The second-order valence-electron chi connectivity index (χ2n) is 5.14. The van der Waals surface area contributed by atoms with Crippen LogP contribution >= 0.6 is 0 Å². The fourth-order valence-electron chi connectivity index (χ4n) is 2.69. The molecule has 1 aliphatic carbocycles. The summed E-state index contributed by atoms with van der Waals surface area (Å²) in [5, 5.41) is 11.9. The Hall–Kier alpha value is -1.30. The molecule has 1 heterocycles. The van der Waals surface area contributed by atoms with E-state index in [0.717, 1.165) is 19.4 Å². The number of carbonyl (C=O) groups is 2. The van der Waals surface area contributed by atoms with E-state index in [2.05, 4.69) is 15.0 Å². The number of carboxylic acid groups (broad SMARTS) is 1. The molecule has 6 nitrogen and oxygen atoms in total. The molecule has 0 aromatic rings. The van der Waals surface area contributed by atoms with Gasteiger partial charge in [0.15, 0.2) is 0 Å². The summed E-state index contributed by atoms with van der Waals surface area (Å²) < 4.78 is 4.57.